The van der Waals surface area contributed by atoms with Gasteiger partial charge in [0, 0.05) is 31.0 Å². The fraction of sp³-hybridized carbons (Fsp3) is 0.462. The lowest BCUT2D eigenvalue weighted by molar-refractivity contribution is -0.116. The Hall–Kier alpha value is -1.55. The minimum absolute atomic E-state index is 0.00822. The first-order chi connectivity index (χ1) is 8.13. The maximum Gasteiger partial charge on any atom is 0.224 e. The molecule has 0 aliphatic carbocycles. The number of anilines is 2. The summed E-state index contributed by atoms with van der Waals surface area (Å²) in [6.07, 6.45) is 1.22. The Balaban J connectivity index is 2.37. The number of amides is 1. The summed E-state index contributed by atoms with van der Waals surface area (Å²) in [5, 5.41) is 2.84. The number of aryl methyl sites for hydroxylation is 1. The Kier molecular flexibility index (Phi) is 5.49. The molecule has 0 aliphatic heterocycles. The van der Waals surface area contributed by atoms with E-state index in [4.69, 9.17) is 10.5 Å². The predicted octanol–water partition coefficient (Wildman–Crippen LogP) is 2.33. The van der Waals surface area contributed by atoms with Gasteiger partial charge in [-0.2, -0.15) is 0 Å². The van der Waals surface area contributed by atoms with Crippen molar-refractivity contribution in [2.45, 2.75) is 26.7 Å². The second-order valence-corrected chi connectivity index (χ2v) is 3.92. The Bertz CT molecular complexity index is 378. The largest absolute Gasteiger partial charge is 0.399 e. The van der Waals surface area contributed by atoms with Gasteiger partial charge in [0.25, 0.3) is 0 Å². The molecule has 1 aromatic rings. The molecule has 0 fully saturated rings. The maximum atomic E-state index is 11.6. The van der Waals surface area contributed by atoms with Gasteiger partial charge in [-0.05, 0) is 44.0 Å². The van der Waals surface area contributed by atoms with E-state index in [1.165, 1.54) is 0 Å². The number of hydrogen-bond donors (Lipinski definition) is 2. The van der Waals surface area contributed by atoms with Gasteiger partial charge in [0.2, 0.25) is 5.91 Å². The molecule has 1 rings (SSSR count). The molecule has 0 aliphatic rings. The van der Waals surface area contributed by atoms with Gasteiger partial charge in [0.15, 0.2) is 0 Å². The molecular weight excluding hydrogens is 216 g/mol. The van der Waals surface area contributed by atoms with Crippen LogP contribution in [0.15, 0.2) is 18.2 Å². The molecule has 4 heteroatoms. The van der Waals surface area contributed by atoms with Crippen molar-refractivity contribution >= 4 is 17.3 Å². The minimum atomic E-state index is 0.00822. The van der Waals surface area contributed by atoms with Crippen LogP contribution in [0.3, 0.4) is 0 Å². The zero-order valence-electron chi connectivity index (χ0n) is 10.5. The van der Waals surface area contributed by atoms with E-state index in [2.05, 4.69) is 5.32 Å². The van der Waals surface area contributed by atoms with Crippen LogP contribution in [0.2, 0.25) is 0 Å². The summed E-state index contributed by atoms with van der Waals surface area (Å²) in [7, 11) is 0. The van der Waals surface area contributed by atoms with Gasteiger partial charge in [0.1, 0.15) is 0 Å². The molecule has 3 N–H and O–H groups in total. The number of nitrogens with one attached hydrogen (secondary N) is 1. The van der Waals surface area contributed by atoms with E-state index >= 15 is 0 Å². The first kappa shape index (κ1) is 13.5. The van der Waals surface area contributed by atoms with Crippen molar-refractivity contribution in [3.05, 3.63) is 23.8 Å². The van der Waals surface area contributed by atoms with Crippen molar-refractivity contribution in [3.63, 3.8) is 0 Å². The average Bonchev–Trinajstić information content (AvgIpc) is 2.30. The van der Waals surface area contributed by atoms with Gasteiger partial charge in [-0.1, -0.05) is 0 Å². The fourth-order valence-electron chi connectivity index (χ4n) is 1.46. The number of hydrogen-bond acceptors (Lipinski definition) is 3. The van der Waals surface area contributed by atoms with Gasteiger partial charge in [-0.15, -0.1) is 0 Å². The van der Waals surface area contributed by atoms with E-state index in [-0.39, 0.29) is 5.91 Å². The molecule has 0 saturated carbocycles. The van der Waals surface area contributed by atoms with Gasteiger partial charge < -0.3 is 15.8 Å². The van der Waals surface area contributed by atoms with Crippen LogP contribution >= 0.6 is 0 Å². The van der Waals surface area contributed by atoms with Crippen LogP contribution in [0.25, 0.3) is 0 Å². The predicted molar refractivity (Wildman–Crippen MR) is 69.9 cm³/mol. The lowest BCUT2D eigenvalue weighted by Gasteiger charge is -2.07. The van der Waals surface area contributed by atoms with E-state index in [1.807, 2.05) is 26.0 Å². The molecular formula is C13H20N2O2. The molecule has 0 unspecified atom stereocenters. The Morgan fingerprint density at radius 3 is 2.88 bits per heavy atom. The highest BCUT2D eigenvalue weighted by atomic mass is 16.5. The summed E-state index contributed by atoms with van der Waals surface area (Å²) in [6.45, 7) is 5.18. The third kappa shape index (κ3) is 4.87. The summed E-state index contributed by atoms with van der Waals surface area (Å²) >= 11 is 0. The smallest absolute Gasteiger partial charge is 0.224 e. The van der Waals surface area contributed by atoms with Crippen LogP contribution in [0, 0.1) is 6.92 Å². The van der Waals surface area contributed by atoms with E-state index in [1.54, 1.807) is 6.07 Å². The molecule has 0 atom stereocenters. The van der Waals surface area contributed by atoms with Crippen molar-refractivity contribution in [2.24, 2.45) is 0 Å². The molecule has 94 valence electrons. The van der Waals surface area contributed by atoms with Crippen molar-refractivity contribution < 1.29 is 9.53 Å². The zero-order valence-corrected chi connectivity index (χ0v) is 10.5. The van der Waals surface area contributed by atoms with Crippen molar-refractivity contribution in [1.82, 2.24) is 0 Å². The monoisotopic (exact) mass is 236 g/mol. The standard InChI is InChI=1S/C13H20N2O2/c1-3-17-8-4-5-13(16)15-11-6-7-12(14)10(2)9-11/h6-7,9H,3-5,8,14H2,1-2H3,(H,15,16). The molecule has 0 spiro atoms. The Morgan fingerprint density at radius 1 is 1.47 bits per heavy atom. The number of nitrogens with two attached hydrogens (primary N) is 1. The first-order valence-corrected chi connectivity index (χ1v) is 5.87. The second-order valence-electron chi connectivity index (χ2n) is 3.92. The topological polar surface area (TPSA) is 64.3 Å². The Labute approximate surface area is 102 Å². The number of ether oxygens (including phenoxy) is 1. The van der Waals surface area contributed by atoms with Crippen molar-refractivity contribution in [2.75, 3.05) is 24.3 Å². The zero-order chi connectivity index (χ0) is 12.7. The van der Waals surface area contributed by atoms with E-state index in [0.717, 1.165) is 23.4 Å². The summed E-state index contributed by atoms with van der Waals surface area (Å²) in [4.78, 5) is 11.6. The number of benzene rings is 1. The van der Waals surface area contributed by atoms with Gasteiger partial charge in [-0.3, -0.25) is 4.79 Å². The molecule has 0 saturated heterocycles. The molecule has 1 aromatic carbocycles. The minimum Gasteiger partial charge on any atom is -0.399 e. The summed E-state index contributed by atoms with van der Waals surface area (Å²) in [5.41, 5.74) is 8.20. The van der Waals surface area contributed by atoms with Crippen LogP contribution in [0.4, 0.5) is 11.4 Å². The lowest BCUT2D eigenvalue weighted by atomic mass is 10.2. The average molecular weight is 236 g/mol. The van der Waals surface area contributed by atoms with E-state index in [0.29, 0.717) is 19.6 Å². The van der Waals surface area contributed by atoms with Crippen LogP contribution in [0.5, 0.6) is 0 Å². The van der Waals surface area contributed by atoms with Crippen LogP contribution in [-0.4, -0.2) is 19.1 Å². The number of carbonyl (C=O) groups excluding carboxylic acids is 1. The molecule has 4 nitrogen and oxygen atoms in total. The lowest BCUT2D eigenvalue weighted by Crippen LogP contribution is -2.12. The van der Waals surface area contributed by atoms with Crippen LogP contribution in [0.1, 0.15) is 25.3 Å². The summed E-state index contributed by atoms with van der Waals surface area (Å²) < 4.78 is 5.17. The quantitative estimate of drug-likeness (QED) is 0.588. The van der Waals surface area contributed by atoms with E-state index < -0.39 is 0 Å². The van der Waals surface area contributed by atoms with Gasteiger partial charge >= 0.3 is 0 Å². The number of rotatable bonds is 6. The van der Waals surface area contributed by atoms with Gasteiger partial charge in [0.05, 0.1) is 0 Å². The number of nitrogen functional groups attached to an aromatic ring is 1. The molecule has 0 radical (unpaired) electrons. The molecule has 0 heterocycles. The van der Waals surface area contributed by atoms with Crippen LogP contribution < -0.4 is 11.1 Å². The molecule has 0 aromatic heterocycles. The number of carbonyl (C=O) groups is 1. The van der Waals surface area contributed by atoms with Crippen LogP contribution in [-0.2, 0) is 9.53 Å². The highest BCUT2D eigenvalue weighted by Crippen LogP contribution is 2.16. The molecule has 1 amide bonds. The fourth-order valence-corrected chi connectivity index (χ4v) is 1.46. The highest BCUT2D eigenvalue weighted by Gasteiger charge is 2.03. The van der Waals surface area contributed by atoms with Crippen molar-refractivity contribution in [3.8, 4) is 0 Å². The van der Waals surface area contributed by atoms with Crippen molar-refractivity contribution in [1.29, 1.82) is 0 Å². The third-order valence-electron chi connectivity index (χ3n) is 2.45. The second kappa shape index (κ2) is 6.91. The maximum absolute atomic E-state index is 11.6. The summed E-state index contributed by atoms with van der Waals surface area (Å²) in [5.74, 6) is 0.00822. The first-order valence-electron chi connectivity index (χ1n) is 5.87. The molecule has 0 bridgehead atoms. The normalized spacial score (nSPS) is 10.2. The van der Waals surface area contributed by atoms with Gasteiger partial charge in [-0.25, -0.2) is 0 Å². The van der Waals surface area contributed by atoms with E-state index in [9.17, 15) is 4.79 Å². The SMILES string of the molecule is CCOCCCC(=O)Nc1ccc(N)c(C)c1. The summed E-state index contributed by atoms with van der Waals surface area (Å²) in [6, 6.07) is 5.48. The third-order valence-corrected chi connectivity index (χ3v) is 2.45. The molecule has 17 heavy (non-hydrogen) atoms. The Morgan fingerprint density at radius 2 is 2.24 bits per heavy atom. The highest BCUT2D eigenvalue weighted by molar-refractivity contribution is 5.91.